The van der Waals surface area contributed by atoms with E-state index < -0.39 is 0 Å². The van der Waals surface area contributed by atoms with Gasteiger partial charge in [0.2, 0.25) is 5.75 Å². The molecule has 42 heavy (non-hydrogen) atoms. The smallest absolute Gasteiger partial charge is 0.212 e. The predicted octanol–water partition coefficient (Wildman–Crippen LogP) is 6.49. The van der Waals surface area contributed by atoms with Crippen LogP contribution in [-0.4, -0.2) is 44.4 Å². The van der Waals surface area contributed by atoms with Gasteiger partial charge in [0.15, 0.2) is 23.0 Å². The maximum atomic E-state index is 11.1. The highest BCUT2D eigenvalue weighted by Gasteiger charge is 2.35. The lowest BCUT2D eigenvalue weighted by Crippen LogP contribution is -2.33. The lowest BCUT2D eigenvalue weighted by molar-refractivity contribution is 0.227. The second kappa shape index (κ2) is 9.68. The quantitative estimate of drug-likeness (QED) is 0.255. The van der Waals surface area contributed by atoms with Crippen molar-refractivity contribution < 1.29 is 24.1 Å². The fraction of sp³-hybridized carbons (Fsp3) is 0.314. The Morgan fingerprint density at radius 1 is 0.810 bits per heavy atom. The van der Waals surface area contributed by atoms with Crippen LogP contribution in [0.15, 0.2) is 54.6 Å². The summed E-state index contributed by atoms with van der Waals surface area (Å²) in [4.78, 5) is 2.42. The van der Waals surface area contributed by atoms with Gasteiger partial charge in [0.1, 0.15) is 11.5 Å². The highest BCUT2D eigenvalue weighted by atomic mass is 16.6. The van der Waals surface area contributed by atoms with Crippen molar-refractivity contribution in [3.8, 4) is 51.4 Å². The van der Waals surface area contributed by atoms with Crippen LogP contribution in [0.3, 0.4) is 0 Å². The van der Waals surface area contributed by atoms with Gasteiger partial charge in [-0.1, -0.05) is 12.1 Å². The molecule has 0 saturated carbocycles. The van der Waals surface area contributed by atoms with E-state index in [2.05, 4.69) is 53.7 Å². The van der Waals surface area contributed by atoms with E-state index >= 15 is 0 Å². The summed E-state index contributed by atoms with van der Waals surface area (Å²) in [6.07, 6.45) is 3.34. The van der Waals surface area contributed by atoms with E-state index in [4.69, 9.17) is 18.9 Å². The minimum absolute atomic E-state index is 0.00593. The van der Waals surface area contributed by atoms with Crippen molar-refractivity contribution in [2.24, 2.45) is 0 Å². The monoisotopic (exact) mass is 562 g/mol. The summed E-state index contributed by atoms with van der Waals surface area (Å²) in [7, 11) is 5.56. The van der Waals surface area contributed by atoms with Crippen molar-refractivity contribution in [2.45, 2.75) is 37.8 Å². The minimum Gasteiger partial charge on any atom is -0.507 e. The second-order valence-electron chi connectivity index (χ2n) is 11.8. The normalized spacial score (nSPS) is 20.0. The molecule has 2 N–H and O–H groups in total. The Morgan fingerprint density at radius 2 is 1.57 bits per heavy atom. The number of benzene rings is 4. The predicted molar refractivity (Wildman–Crippen MR) is 161 cm³/mol. The standard InChI is InChI=1S/C35H34N2O5/c1-37-11-9-21-16-30-31-18-23(21)27(37)15-20-5-7-29(39-2)25(13-20)24-12-19(4-6-28(24)38)14-26-33-22(8-10-36-26)17-32(40-3)34(41-30)35(33)42-31/h4-7,12-13,16-18,26-27,36,38H,8-11,14-15H2,1-3H3. The molecule has 4 aromatic carbocycles. The molecule has 4 aliphatic rings. The van der Waals surface area contributed by atoms with E-state index in [1.807, 2.05) is 12.1 Å². The topological polar surface area (TPSA) is 72.4 Å². The van der Waals surface area contributed by atoms with Crippen LogP contribution in [0.25, 0.3) is 11.1 Å². The Balaban J connectivity index is 1.38. The van der Waals surface area contributed by atoms with Crippen LogP contribution < -0.4 is 24.3 Å². The lowest BCUT2D eigenvalue weighted by Gasteiger charge is -2.37. The third-order valence-electron chi connectivity index (χ3n) is 9.42. The summed E-state index contributed by atoms with van der Waals surface area (Å²) in [6, 6.07) is 18.8. The third kappa shape index (κ3) is 3.95. The van der Waals surface area contributed by atoms with Crippen LogP contribution in [-0.2, 0) is 25.7 Å². The van der Waals surface area contributed by atoms with E-state index in [0.29, 0.717) is 17.9 Å². The number of nitrogens with one attached hydrogen (secondary N) is 1. The van der Waals surface area contributed by atoms with Crippen LogP contribution in [0.1, 0.15) is 45.5 Å². The van der Waals surface area contributed by atoms with Gasteiger partial charge in [-0.3, -0.25) is 4.90 Å². The Morgan fingerprint density at radius 3 is 2.43 bits per heavy atom. The number of methoxy groups -OCH3 is 2. The van der Waals surface area contributed by atoms with Crippen LogP contribution in [0.4, 0.5) is 0 Å². The Labute approximate surface area is 245 Å². The molecule has 2 atom stereocenters. The molecular formula is C35H34N2O5. The second-order valence-corrected chi connectivity index (χ2v) is 11.8. The van der Waals surface area contributed by atoms with Crippen LogP contribution in [0.5, 0.6) is 40.2 Å². The molecule has 7 bridgehead atoms. The Bertz CT molecular complexity index is 1750. The zero-order valence-corrected chi connectivity index (χ0v) is 24.1. The molecule has 0 saturated heterocycles. The minimum atomic E-state index is -0.00593. The van der Waals surface area contributed by atoms with Crippen LogP contribution in [0, 0.1) is 0 Å². The van der Waals surface area contributed by atoms with Crippen molar-refractivity contribution in [3.05, 3.63) is 88.0 Å². The molecule has 4 aliphatic heterocycles. The van der Waals surface area contributed by atoms with Crippen molar-refractivity contribution in [1.82, 2.24) is 10.2 Å². The Hall–Kier alpha value is -4.20. The van der Waals surface area contributed by atoms with Crippen molar-refractivity contribution in [1.29, 1.82) is 0 Å². The van der Waals surface area contributed by atoms with Gasteiger partial charge in [-0.2, -0.15) is 0 Å². The molecule has 2 unspecified atom stereocenters. The summed E-state index contributed by atoms with van der Waals surface area (Å²) >= 11 is 0. The SMILES string of the molecule is COc1ccc2cc1-c1cc(ccc1O)CC1NCCc3cc(OC)c4c(c31)Oc1cc3c(cc1O4)CCN(C)C3C2. The molecule has 8 rings (SSSR count). The summed E-state index contributed by atoms with van der Waals surface area (Å²) in [5.41, 5.74) is 8.80. The molecule has 0 spiro atoms. The molecule has 0 aliphatic carbocycles. The van der Waals surface area contributed by atoms with Crippen LogP contribution >= 0.6 is 0 Å². The van der Waals surface area contributed by atoms with Gasteiger partial charge in [0.25, 0.3) is 0 Å². The maximum Gasteiger partial charge on any atom is 0.212 e. The van der Waals surface area contributed by atoms with Crippen molar-refractivity contribution >= 4 is 0 Å². The molecule has 7 nitrogen and oxygen atoms in total. The third-order valence-corrected chi connectivity index (χ3v) is 9.42. The fourth-order valence-electron chi connectivity index (χ4n) is 7.23. The average molecular weight is 563 g/mol. The number of phenolic OH excluding ortho intramolecular Hbond substituents is 1. The highest BCUT2D eigenvalue weighted by molar-refractivity contribution is 5.77. The summed E-state index contributed by atoms with van der Waals surface area (Å²) in [5, 5.41) is 14.8. The molecule has 7 heteroatoms. The van der Waals surface area contributed by atoms with E-state index in [1.165, 1.54) is 22.3 Å². The number of hydrogen-bond donors (Lipinski definition) is 2. The summed E-state index contributed by atoms with van der Waals surface area (Å²) in [5.74, 6) is 4.52. The molecule has 0 amide bonds. The zero-order chi connectivity index (χ0) is 28.5. The molecular weight excluding hydrogens is 528 g/mol. The number of aromatic hydroxyl groups is 1. The first-order valence-electron chi connectivity index (χ1n) is 14.7. The number of hydrogen-bond acceptors (Lipinski definition) is 7. The number of phenols is 1. The summed E-state index contributed by atoms with van der Waals surface area (Å²) in [6.45, 7) is 1.79. The highest BCUT2D eigenvalue weighted by Crippen LogP contribution is 2.56. The molecule has 0 aromatic heterocycles. The van der Waals surface area contributed by atoms with Gasteiger partial charge in [0.05, 0.1) is 14.2 Å². The van der Waals surface area contributed by atoms with E-state index in [0.717, 1.165) is 77.6 Å². The van der Waals surface area contributed by atoms with Crippen molar-refractivity contribution in [2.75, 3.05) is 34.4 Å². The average Bonchev–Trinajstić information content (AvgIpc) is 3.00. The lowest BCUT2D eigenvalue weighted by atomic mass is 9.86. The first kappa shape index (κ1) is 25.5. The first-order valence-corrected chi connectivity index (χ1v) is 14.7. The summed E-state index contributed by atoms with van der Waals surface area (Å²) < 4.78 is 25.1. The molecule has 0 radical (unpaired) electrons. The molecule has 0 fully saturated rings. The molecule has 214 valence electrons. The van der Waals surface area contributed by atoms with Gasteiger partial charge in [-0.15, -0.1) is 0 Å². The number of likely N-dealkylation sites (N-methyl/N-ethyl adjacent to an activating group) is 1. The number of fused-ring (bicyclic) bond motifs is 5. The van der Waals surface area contributed by atoms with Crippen LogP contribution in [0.2, 0.25) is 0 Å². The van der Waals surface area contributed by atoms with Gasteiger partial charge in [-0.05, 0) is 110 Å². The van der Waals surface area contributed by atoms with E-state index in [-0.39, 0.29) is 17.8 Å². The number of rotatable bonds is 2. The fourth-order valence-corrected chi connectivity index (χ4v) is 7.23. The molecule has 4 aromatic rings. The van der Waals surface area contributed by atoms with Crippen molar-refractivity contribution in [3.63, 3.8) is 0 Å². The zero-order valence-electron chi connectivity index (χ0n) is 24.1. The van der Waals surface area contributed by atoms with E-state index in [1.54, 1.807) is 20.3 Å². The maximum absolute atomic E-state index is 11.1. The number of ether oxygens (including phenoxy) is 4. The van der Waals surface area contributed by atoms with Gasteiger partial charge >= 0.3 is 0 Å². The van der Waals surface area contributed by atoms with Gasteiger partial charge < -0.3 is 29.4 Å². The largest absolute Gasteiger partial charge is 0.507 e. The molecule has 4 heterocycles. The Kier molecular flexibility index (Phi) is 5.88. The van der Waals surface area contributed by atoms with Gasteiger partial charge in [-0.25, -0.2) is 0 Å². The first-order chi connectivity index (χ1) is 20.5. The van der Waals surface area contributed by atoms with Gasteiger partial charge in [0, 0.05) is 35.3 Å². The van der Waals surface area contributed by atoms with E-state index in [9.17, 15) is 5.11 Å². The number of nitrogens with zero attached hydrogens (tertiary/aromatic N) is 1.